The molecule has 1 unspecified atom stereocenters. The summed E-state index contributed by atoms with van der Waals surface area (Å²) in [5, 5.41) is 3.41. The smallest absolute Gasteiger partial charge is 0.218 e. The van der Waals surface area contributed by atoms with Crippen LogP contribution in [0.3, 0.4) is 0 Å². The van der Waals surface area contributed by atoms with E-state index in [0.717, 1.165) is 18.7 Å². The van der Waals surface area contributed by atoms with Crippen LogP contribution in [0.5, 0.6) is 5.88 Å². The summed E-state index contributed by atoms with van der Waals surface area (Å²) in [6.07, 6.45) is 1.88. The van der Waals surface area contributed by atoms with Crippen LogP contribution in [-0.2, 0) is 0 Å². The lowest BCUT2D eigenvalue weighted by molar-refractivity contribution is 0.395. The summed E-state index contributed by atoms with van der Waals surface area (Å²) >= 11 is 0. The SMILES string of the molecule is CCC(C)(CCN)Nc1cc(OC)nc(C)n1. The summed E-state index contributed by atoms with van der Waals surface area (Å²) in [6.45, 7) is 6.77. The molecule has 0 aliphatic rings. The topological polar surface area (TPSA) is 73.1 Å². The van der Waals surface area contributed by atoms with E-state index in [1.165, 1.54) is 0 Å². The maximum Gasteiger partial charge on any atom is 0.218 e. The molecule has 0 aliphatic heterocycles. The van der Waals surface area contributed by atoms with Gasteiger partial charge < -0.3 is 15.8 Å². The molecule has 17 heavy (non-hydrogen) atoms. The summed E-state index contributed by atoms with van der Waals surface area (Å²) in [4.78, 5) is 8.51. The van der Waals surface area contributed by atoms with E-state index in [1.807, 2.05) is 6.92 Å². The first kappa shape index (κ1) is 13.7. The van der Waals surface area contributed by atoms with Crippen LogP contribution in [0.1, 0.15) is 32.5 Å². The number of rotatable bonds is 6. The quantitative estimate of drug-likeness (QED) is 0.789. The van der Waals surface area contributed by atoms with Crippen molar-refractivity contribution in [3.05, 3.63) is 11.9 Å². The Morgan fingerprint density at radius 3 is 2.71 bits per heavy atom. The van der Waals surface area contributed by atoms with E-state index in [2.05, 4.69) is 29.1 Å². The molecule has 5 heteroatoms. The lowest BCUT2D eigenvalue weighted by Gasteiger charge is -2.30. The number of nitrogens with two attached hydrogens (primary N) is 1. The van der Waals surface area contributed by atoms with Crippen LogP contribution in [0.4, 0.5) is 5.82 Å². The van der Waals surface area contributed by atoms with E-state index < -0.39 is 0 Å². The van der Waals surface area contributed by atoms with Crippen LogP contribution < -0.4 is 15.8 Å². The van der Waals surface area contributed by atoms with E-state index in [9.17, 15) is 0 Å². The maximum atomic E-state index is 5.63. The number of anilines is 1. The van der Waals surface area contributed by atoms with Gasteiger partial charge in [0.1, 0.15) is 11.6 Å². The zero-order valence-corrected chi connectivity index (χ0v) is 11.1. The van der Waals surface area contributed by atoms with Crippen molar-refractivity contribution in [2.24, 2.45) is 5.73 Å². The number of methoxy groups -OCH3 is 1. The Labute approximate surface area is 103 Å². The minimum atomic E-state index is -0.0411. The molecule has 0 spiro atoms. The molecule has 0 fully saturated rings. The summed E-state index contributed by atoms with van der Waals surface area (Å²) < 4.78 is 5.13. The van der Waals surface area contributed by atoms with Crippen LogP contribution in [0.15, 0.2) is 6.07 Å². The third-order valence-electron chi connectivity index (χ3n) is 2.93. The maximum absolute atomic E-state index is 5.63. The summed E-state index contributed by atoms with van der Waals surface area (Å²) in [5.41, 5.74) is 5.59. The zero-order valence-electron chi connectivity index (χ0n) is 11.1. The Kier molecular flexibility index (Phi) is 4.69. The van der Waals surface area contributed by atoms with Crippen LogP contribution in [-0.4, -0.2) is 29.2 Å². The minimum absolute atomic E-state index is 0.0411. The summed E-state index contributed by atoms with van der Waals surface area (Å²) in [7, 11) is 1.60. The molecule has 1 aromatic heterocycles. The fourth-order valence-electron chi connectivity index (χ4n) is 1.66. The average molecular weight is 238 g/mol. The highest BCUT2D eigenvalue weighted by Gasteiger charge is 2.21. The molecule has 0 aliphatic carbocycles. The van der Waals surface area contributed by atoms with E-state index in [-0.39, 0.29) is 5.54 Å². The lowest BCUT2D eigenvalue weighted by Crippen LogP contribution is -2.36. The number of ether oxygens (including phenoxy) is 1. The predicted molar refractivity (Wildman–Crippen MR) is 69.3 cm³/mol. The largest absolute Gasteiger partial charge is 0.481 e. The summed E-state index contributed by atoms with van der Waals surface area (Å²) in [6, 6.07) is 1.80. The minimum Gasteiger partial charge on any atom is -0.481 e. The van der Waals surface area contributed by atoms with Gasteiger partial charge in [-0.25, -0.2) is 4.98 Å². The molecule has 1 atom stereocenters. The standard InChI is InChI=1S/C12H22N4O/c1-5-12(3,6-7-13)16-10-8-11(17-4)15-9(2)14-10/h8H,5-7,13H2,1-4H3,(H,14,15,16). The Morgan fingerprint density at radius 1 is 1.47 bits per heavy atom. The molecule has 0 bridgehead atoms. The van der Waals surface area contributed by atoms with Gasteiger partial charge in [-0.1, -0.05) is 6.92 Å². The third-order valence-corrected chi connectivity index (χ3v) is 2.93. The first-order valence-electron chi connectivity index (χ1n) is 5.91. The van der Waals surface area contributed by atoms with Gasteiger partial charge in [-0.05, 0) is 33.2 Å². The number of nitrogens with zero attached hydrogens (tertiary/aromatic N) is 2. The molecule has 1 aromatic rings. The number of hydrogen-bond acceptors (Lipinski definition) is 5. The van der Waals surface area contributed by atoms with Crippen LogP contribution >= 0.6 is 0 Å². The van der Waals surface area contributed by atoms with E-state index >= 15 is 0 Å². The van der Waals surface area contributed by atoms with Crippen molar-refractivity contribution in [1.29, 1.82) is 0 Å². The van der Waals surface area contributed by atoms with E-state index in [4.69, 9.17) is 10.5 Å². The van der Waals surface area contributed by atoms with Gasteiger partial charge in [0, 0.05) is 11.6 Å². The van der Waals surface area contributed by atoms with Gasteiger partial charge in [0.15, 0.2) is 0 Å². The molecule has 0 amide bonds. The Morgan fingerprint density at radius 2 is 2.18 bits per heavy atom. The molecule has 0 radical (unpaired) electrons. The van der Waals surface area contributed by atoms with Gasteiger partial charge in [-0.3, -0.25) is 0 Å². The second-order valence-corrected chi connectivity index (χ2v) is 4.42. The van der Waals surface area contributed by atoms with E-state index in [1.54, 1.807) is 13.2 Å². The van der Waals surface area contributed by atoms with Crippen LogP contribution in [0, 0.1) is 6.92 Å². The van der Waals surface area contributed by atoms with Crippen LogP contribution in [0.25, 0.3) is 0 Å². The van der Waals surface area contributed by atoms with Crippen molar-refractivity contribution < 1.29 is 4.74 Å². The van der Waals surface area contributed by atoms with Crippen molar-refractivity contribution in [1.82, 2.24) is 9.97 Å². The predicted octanol–water partition coefficient (Wildman–Crippen LogP) is 1.72. The van der Waals surface area contributed by atoms with Crippen molar-refractivity contribution in [3.8, 4) is 5.88 Å². The van der Waals surface area contributed by atoms with Crippen molar-refractivity contribution in [3.63, 3.8) is 0 Å². The second-order valence-electron chi connectivity index (χ2n) is 4.42. The highest BCUT2D eigenvalue weighted by Crippen LogP contribution is 2.22. The average Bonchev–Trinajstić information content (AvgIpc) is 2.28. The highest BCUT2D eigenvalue weighted by atomic mass is 16.5. The number of aromatic nitrogens is 2. The zero-order chi connectivity index (χ0) is 12.9. The molecule has 1 heterocycles. The van der Waals surface area contributed by atoms with Gasteiger partial charge in [-0.15, -0.1) is 0 Å². The van der Waals surface area contributed by atoms with Crippen molar-refractivity contribution in [2.75, 3.05) is 19.0 Å². The Hall–Kier alpha value is -1.36. The normalized spacial score (nSPS) is 14.2. The molecule has 0 saturated heterocycles. The monoisotopic (exact) mass is 238 g/mol. The molecular weight excluding hydrogens is 216 g/mol. The number of hydrogen-bond donors (Lipinski definition) is 2. The molecule has 0 aromatic carbocycles. The van der Waals surface area contributed by atoms with Crippen molar-refractivity contribution >= 4 is 5.82 Å². The fraction of sp³-hybridized carbons (Fsp3) is 0.667. The third kappa shape index (κ3) is 3.85. The summed E-state index contributed by atoms with van der Waals surface area (Å²) in [5.74, 6) is 2.05. The second kappa shape index (κ2) is 5.82. The van der Waals surface area contributed by atoms with Crippen molar-refractivity contribution in [2.45, 2.75) is 39.2 Å². The van der Waals surface area contributed by atoms with Gasteiger partial charge in [-0.2, -0.15) is 4.98 Å². The first-order valence-corrected chi connectivity index (χ1v) is 5.91. The van der Waals surface area contributed by atoms with Gasteiger partial charge in [0.2, 0.25) is 5.88 Å². The highest BCUT2D eigenvalue weighted by molar-refractivity contribution is 5.40. The van der Waals surface area contributed by atoms with Crippen LogP contribution in [0.2, 0.25) is 0 Å². The fourth-order valence-corrected chi connectivity index (χ4v) is 1.66. The number of nitrogens with one attached hydrogen (secondary N) is 1. The van der Waals surface area contributed by atoms with Gasteiger partial charge >= 0.3 is 0 Å². The first-order chi connectivity index (χ1) is 8.03. The Bertz CT molecular complexity index is 370. The molecule has 96 valence electrons. The molecule has 0 saturated carbocycles. The molecule has 5 nitrogen and oxygen atoms in total. The van der Waals surface area contributed by atoms with Gasteiger partial charge in [0.25, 0.3) is 0 Å². The molecule has 1 rings (SSSR count). The Balaban J connectivity index is 2.89. The van der Waals surface area contributed by atoms with E-state index in [0.29, 0.717) is 18.2 Å². The van der Waals surface area contributed by atoms with Gasteiger partial charge in [0.05, 0.1) is 7.11 Å². The molecule has 3 N–H and O–H groups in total. The lowest BCUT2D eigenvalue weighted by atomic mass is 9.94. The number of aryl methyl sites for hydroxylation is 1. The molecular formula is C12H22N4O.